The monoisotopic (exact) mass is 413 g/mol. The standard InChI is InChI=1S/C22H20FNO6/c1-3-4-9-24-20(26)15-7-5-14(10-16(15)21(24)27)22(28)30-12-18(25)13-6-8-19(29-2)17(23)11-13/h5-8,10-11H,3-4,9,12H2,1-2H3. The first-order valence-electron chi connectivity index (χ1n) is 9.41. The van der Waals surface area contributed by atoms with Gasteiger partial charge in [-0.3, -0.25) is 19.3 Å². The minimum absolute atomic E-state index is 0.00567. The Morgan fingerprint density at radius 1 is 1.00 bits per heavy atom. The van der Waals surface area contributed by atoms with E-state index in [0.29, 0.717) is 13.0 Å². The fraction of sp³-hybridized carbons (Fsp3) is 0.273. The van der Waals surface area contributed by atoms with Gasteiger partial charge < -0.3 is 9.47 Å². The molecule has 0 aromatic heterocycles. The molecule has 0 atom stereocenters. The molecule has 0 N–H and O–H groups in total. The van der Waals surface area contributed by atoms with Crippen LogP contribution < -0.4 is 4.74 Å². The SMILES string of the molecule is CCCCN1C(=O)c2ccc(C(=O)OCC(=O)c3ccc(OC)c(F)c3)cc2C1=O. The van der Waals surface area contributed by atoms with Gasteiger partial charge in [0, 0.05) is 12.1 Å². The summed E-state index contributed by atoms with van der Waals surface area (Å²) in [5, 5.41) is 0. The van der Waals surface area contributed by atoms with Gasteiger partial charge in [0.15, 0.2) is 24.0 Å². The quantitative estimate of drug-likeness (QED) is 0.375. The summed E-state index contributed by atoms with van der Waals surface area (Å²) in [6, 6.07) is 7.73. The molecule has 0 saturated heterocycles. The Morgan fingerprint density at radius 3 is 2.37 bits per heavy atom. The molecule has 7 nitrogen and oxygen atoms in total. The number of unbranched alkanes of at least 4 members (excludes halogenated alkanes) is 1. The molecule has 3 rings (SSSR count). The molecule has 0 aliphatic carbocycles. The highest BCUT2D eigenvalue weighted by atomic mass is 19.1. The second-order valence-electron chi connectivity index (χ2n) is 6.72. The molecule has 2 amide bonds. The van der Waals surface area contributed by atoms with Gasteiger partial charge in [0.05, 0.1) is 23.8 Å². The molecule has 1 heterocycles. The average molecular weight is 413 g/mol. The number of hydrogen-bond acceptors (Lipinski definition) is 6. The molecule has 0 fully saturated rings. The van der Waals surface area contributed by atoms with E-state index in [1.54, 1.807) is 0 Å². The van der Waals surface area contributed by atoms with E-state index in [-0.39, 0.29) is 33.9 Å². The number of benzene rings is 2. The lowest BCUT2D eigenvalue weighted by Crippen LogP contribution is -2.30. The van der Waals surface area contributed by atoms with Crippen LogP contribution in [0.15, 0.2) is 36.4 Å². The van der Waals surface area contributed by atoms with Crippen molar-refractivity contribution >= 4 is 23.6 Å². The molecule has 0 spiro atoms. The summed E-state index contributed by atoms with van der Waals surface area (Å²) >= 11 is 0. The molecule has 0 radical (unpaired) electrons. The minimum Gasteiger partial charge on any atom is -0.494 e. The van der Waals surface area contributed by atoms with Crippen molar-refractivity contribution in [3.63, 3.8) is 0 Å². The summed E-state index contributed by atoms with van der Waals surface area (Å²) in [6.07, 6.45) is 1.52. The number of hydrogen-bond donors (Lipinski definition) is 0. The minimum atomic E-state index is -0.826. The molecule has 30 heavy (non-hydrogen) atoms. The van der Waals surface area contributed by atoms with Crippen molar-refractivity contribution in [1.29, 1.82) is 0 Å². The highest BCUT2D eigenvalue weighted by Gasteiger charge is 2.35. The molecular formula is C22H20FNO6. The number of esters is 1. The number of carbonyl (C=O) groups excluding carboxylic acids is 4. The van der Waals surface area contributed by atoms with Gasteiger partial charge in [0.2, 0.25) is 0 Å². The Hall–Kier alpha value is -3.55. The smallest absolute Gasteiger partial charge is 0.338 e. The number of Topliss-reactive ketones (excluding diaryl/α,β-unsaturated/α-hetero) is 1. The topological polar surface area (TPSA) is 90.0 Å². The Labute approximate surface area is 172 Å². The Bertz CT molecular complexity index is 1030. The van der Waals surface area contributed by atoms with E-state index in [9.17, 15) is 23.6 Å². The predicted molar refractivity (Wildman–Crippen MR) is 104 cm³/mol. The highest BCUT2D eigenvalue weighted by molar-refractivity contribution is 6.22. The highest BCUT2D eigenvalue weighted by Crippen LogP contribution is 2.25. The zero-order valence-corrected chi connectivity index (χ0v) is 16.6. The normalized spacial score (nSPS) is 12.7. The lowest BCUT2D eigenvalue weighted by molar-refractivity contribution is 0.0474. The van der Waals surface area contributed by atoms with E-state index in [1.807, 2.05) is 6.92 Å². The zero-order chi connectivity index (χ0) is 21.8. The maximum atomic E-state index is 13.7. The Kier molecular flexibility index (Phi) is 6.25. The number of methoxy groups -OCH3 is 1. The maximum absolute atomic E-state index is 13.7. The van der Waals surface area contributed by atoms with Crippen molar-refractivity contribution in [2.24, 2.45) is 0 Å². The number of rotatable bonds is 8. The van der Waals surface area contributed by atoms with Crippen LogP contribution >= 0.6 is 0 Å². The van der Waals surface area contributed by atoms with Gasteiger partial charge in [0.1, 0.15) is 0 Å². The van der Waals surface area contributed by atoms with Crippen LogP contribution in [0, 0.1) is 5.82 Å². The third kappa shape index (κ3) is 4.07. The van der Waals surface area contributed by atoms with Crippen molar-refractivity contribution in [3.05, 3.63) is 64.5 Å². The van der Waals surface area contributed by atoms with Gasteiger partial charge in [-0.15, -0.1) is 0 Å². The third-order valence-corrected chi connectivity index (χ3v) is 4.75. The molecular weight excluding hydrogens is 393 g/mol. The fourth-order valence-corrected chi connectivity index (χ4v) is 3.07. The Morgan fingerprint density at radius 2 is 1.70 bits per heavy atom. The van der Waals surface area contributed by atoms with E-state index in [0.717, 1.165) is 17.4 Å². The molecule has 1 aliphatic rings. The maximum Gasteiger partial charge on any atom is 0.338 e. The van der Waals surface area contributed by atoms with Gasteiger partial charge in [-0.05, 0) is 42.8 Å². The van der Waals surface area contributed by atoms with E-state index in [1.165, 1.54) is 37.4 Å². The van der Waals surface area contributed by atoms with Gasteiger partial charge in [0.25, 0.3) is 11.8 Å². The van der Waals surface area contributed by atoms with Crippen molar-refractivity contribution in [1.82, 2.24) is 4.90 Å². The number of amides is 2. The van der Waals surface area contributed by atoms with Crippen LogP contribution in [0.2, 0.25) is 0 Å². The molecule has 2 aromatic carbocycles. The number of halogens is 1. The number of carbonyl (C=O) groups is 4. The summed E-state index contributed by atoms with van der Waals surface area (Å²) in [4.78, 5) is 50.5. The van der Waals surface area contributed by atoms with Crippen molar-refractivity contribution in [3.8, 4) is 5.75 Å². The third-order valence-electron chi connectivity index (χ3n) is 4.75. The summed E-state index contributed by atoms with van der Waals surface area (Å²) in [5.74, 6) is -2.98. The molecule has 0 unspecified atom stereocenters. The van der Waals surface area contributed by atoms with Crippen LogP contribution in [0.4, 0.5) is 4.39 Å². The van der Waals surface area contributed by atoms with Crippen LogP contribution in [0.5, 0.6) is 5.75 Å². The second-order valence-corrected chi connectivity index (χ2v) is 6.72. The van der Waals surface area contributed by atoms with E-state index >= 15 is 0 Å². The first-order chi connectivity index (χ1) is 14.4. The second kappa shape index (κ2) is 8.86. The molecule has 0 saturated carbocycles. The lowest BCUT2D eigenvalue weighted by atomic mass is 10.1. The summed E-state index contributed by atoms with van der Waals surface area (Å²) in [5.41, 5.74) is 0.440. The summed E-state index contributed by atoms with van der Waals surface area (Å²) in [7, 11) is 1.31. The molecule has 0 bridgehead atoms. The van der Waals surface area contributed by atoms with Crippen LogP contribution in [0.3, 0.4) is 0 Å². The Balaban J connectivity index is 1.68. The van der Waals surface area contributed by atoms with Gasteiger partial charge >= 0.3 is 5.97 Å². The summed E-state index contributed by atoms with van der Waals surface area (Å²) in [6.45, 7) is 1.67. The predicted octanol–water partition coefficient (Wildman–Crippen LogP) is 3.27. The van der Waals surface area contributed by atoms with Gasteiger partial charge in [-0.1, -0.05) is 13.3 Å². The van der Waals surface area contributed by atoms with Crippen LogP contribution in [0.1, 0.15) is 61.2 Å². The first kappa shape index (κ1) is 21.2. The molecule has 2 aromatic rings. The van der Waals surface area contributed by atoms with Crippen molar-refractivity contribution in [2.45, 2.75) is 19.8 Å². The summed E-state index contributed by atoms with van der Waals surface area (Å²) < 4.78 is 23.5. The molecule has 8 heteroatoms. The van der Waals surface area contributed by atoms with Gasteiger partial charge in [-0.2, -0.15) is 0 Å². The van der Waals surface area contributed by atoms with Crippen molar-refractivity contribution < 1.29 is 33.0 Å². The largest absolute Gasteiger partial charge is 0.494 e. The number of ether oxygens (including phenoxy) is 2. The number of fused-ring (bicyclic) bond motifs is 1. The fourth-order valence-electron chi connectivity index (χ4n) is 3.07. The van der Waals surface area contributed by atoms with Crippen molar-refractivity contribution in [2.75, 3.05) is 20.3 Å². The number of nitrogens with zero attached hydrogens (tertiary/aromatic N) is 1. The van der Waals surface area contributed by atoms with Gasteiger partial charge in [-0.25, -0.2) is 9.18 Å². The van der Waals surface area contributed by atoms with E-state index in [2.05, 4.69) is 0 Å². The molecule has 156 valence electrons. The number of imide groups is 1. The number of ketones is 1. The first-order valence-corrected chi connectivity index (χ1v) is 9.41. The average Bonchev–Trinajstić information content (AvgIpc) is 2.99. The van der Waals surface area contributed by atoms with Crippen LogP contribution in [0.25, 0.3) is 0 Å². The lowest BCUT2D eigenvalue weighted by Gasteiger charge is -2.12. The molecule has 1 aliphatic heterocycles. The van der Waals surface area contributed by atoms with Crippen LogP contribution in [-0.2, 0) is 4.74 Å². The van der Waals surface area contributed by atoms with E-state index < -0.39 is 30.1 Å². The zero-order valence-electron chi connectivity index (χ0n) is 16.6. The van der Waals surface area contributed by atoms with Crippen LogP contribution in [-0.4, -0.2) is 48.7 Å². The van der Waals surface area contributed by atoms with E-state index in [4.69, 9.17) is 9.47 Å².